The second kappa shape index (κ2) is 7.40. The highest BCUT2D eigenvalue weighted by Crippen LogP contribution is 2.21. The SMILES string of the molecule is COc1ccc(Cc2c(COS(C)(=O)=O)n(C(C)C)[nH]c2=O)c(F)c1. The molecule has 9 heteroatoms. The Morgan fingerprint density at radius 2 is 2.00 bits per heavy atom. The molecule has 1 aromatic carbocycles. The number of hydrogen-bond acceptors (Lipinski definition) is 5. The summed E-state index contributed by atoms with van der Waals surface area (Å²) in [7, 11) is -2.25. The van der Waals surface area contributed by atoms with E-state index in [1.807, 2.05) is 13.8 Å². The first-order chi connectivity index (χ1) is 11.6. The molecule has 0 bridgehead atoms. The molecule has 0 spiro atoms. The molecule has 1 aromatic heterocycles. The van der Waals surface area contributed by atoms with Gasteiger partial charge in [-0.2, -0.15) is 8.42 Å². The Balaban J connectivity index is 2.44. The van der Waals surface area contributed by atoms with Crippen molar-refractivity contribution < 1.29 is 21.7 Å². The Kier molecular flexibility index (Phi) is 5.69. The molecule has 0 atom stereocenters. The standard InChI is InChI=1S/C16H21FN2O5S/c1-10(2)19-15(9-24-25(4,21)22)13(16(20)18-19)7-11-5-6-12(23-3)8-14(11)17/h5-6,8,10H,7,9H2,1-4H3,(H,18,20). The molecule has 0 aliphatic carbocycles. The zero-order chi connectivity index (χ0) is 18.8. The van der Waals surface area contributed by atoms with Crippen molar-refractivity contribution in [3.05, 3.63) is 51.2 Å². The minimum absolute atomic E-state index is 0.00728. The number of benzene rings is 1. The van der Waals surface area contributed by atoms with E-state index >= 15 is 0 Å². The van der Waals surface area contributed by atoms with Crippen molar-refractivity contribution in [2.75, 3.05) is 13.4 Å². The summed E-state index contributed by atoms with van der Waals surface area (Å²) in [6.45, 7) is 3.36. The van der Waals surface area contributed by atoms with Crippen molar-refractivity contribution >= 4 is 10.1 Å². The maximum absolute atomic E-state index is 14.2. The highest BCUT2D eigenvalue weighted by Gasteiger charge is 2.20. The Labute approximate surface area is 145 Å². The lowest BCUT2D eigenvalue weighted by molar-refractivity contribution is 0.293. The van der Waals surface area contributed by atoms with Gasteiger partial charge in [-0.3, -0.25) is 18.8 Å². The third kappa shape index (κ3) is 4.70. The molecule has 0 unspecified atom stereocenters. The molecule has 25 heavy (non-hydrogen) atoms. The molecule has 0 saturated carbocycles. The normalized spacial score (nSPS) is 11.9. The van der Waals surface area contributed by atoms with E-state index in [0.29, 0.717) is 17.0 Å². The van der Waals surface area contributed by atoms with Crippen LogP contribution in [0.2, 0.25) is 0 Å². The predicted octanol–water partition coefficient (Wildman–Crippen LogP) is 1.97. The number of methoxy groups -OCH3 is 1. The van der Waals surface area contributed by atoms with Crippen LogP contribution in [0.4, 0.5) is 4.39 Å². The van der Waals surface area contributed by atoms with Gasteiger partial charge in [0.2, 0.25) is 0 Å². The smallest absolute Gasteiger partial charge is 0.267 e. The Bertz CT molecular complexity index is 915. The molecule has 0 aliphatic rings. The fourth-order valence-corrected chi connectivity index (χ4v) is 2.78. The van der Waals surface area contributed by atoms with Crippen molar-refractivity contribution in [3.63, 3.8) is 0 Å². The van der Waals surface area contributed by atoms with Gasteiger partial charge in [-0.1, -0.05) is 6.07 Å². The Hall–Kier alpha value is -2.13. The van der Waals surface area contributed by atoms with Gasteiger partial charge in [-0.15, -0.1) is 0 Å². The molecule has 0 fully saturated rings. The zero-order valence-electron chi connectivity index (χ0n) is 14.5. The Morgan fingerprint density at radius 3 is 2.52 bits per heavy atom. The van der Waals surface area contributed by atoms with E-state index in [0.717, 1.165) is 6.26 Å². The van der Waals surface area contributed by atoms with Crippen LogP contribution >= 0.6 is 0 Å². The first-order valence-corrected chi connectivity index (χ1v) is 9.43. The highest BCUT2D eigenvalue weighted by molar-refractivity contribution is 7.85. The third-order valence-corrected chi connectivity index (χ3v) is 4.23. The summed E-state index contributed by atoms with van der Waals surface area (Å²) in [4.78, 5) is 12.3. The molecule has 7 nitrogen and oxygen atoms in total. The molecule has 1 heterocycles. The molecule has 2 rings (SSSR count). The van der Waals surface area contributed by atoms with Crippen LogP contribution in [-0.2, 0) is 27.3 Å². The van der Waals surface area contributed by atoms with Crippen molar-refractivity contribution in [1.29, 1.82) is 0 Å². The fourth-order valence-electron chi connectivity index (χ4n) is 2.45. The van der Waals surface area contributed by atoms with E-state index in [9.17, 15) is 17.6 Å². The van der Waals surface area contributed by atoms with Gasteiger partial charge in [0.15, 0.2) is 0 Å². The van der Waals surface area contributed by atoms with Gasteiger partial charge in [0.25, 0.3) is 15.7 Å². The maximum atomic E-state index is 14.2. The average Bonchev–Trinajstić information content (AvgIpc) is 2.83. The first-order valence-electron chi connectivity index (χ1n) is 7.61. The summed E-state index contributed by atoms with van der Waals surface area (Å²) < 4.78 is 48.1. The molecule has 0 amide bonds. The highest BCUT2D eigenvalue weighted by atomic mass is 32.2. The summed E-state index contributed by atoms with van der Waals surface area (Å²) in [6.07, 6.45) is 0.938. The topological polar surface area (TPSA) is 90.4 Å². The predicted molar refractivity (Wildman–Crippen MR) is 90.8 cm³/mol. The monoisotopic (exact) mass is 372 g/mol. The van der Waals surface area contributed by atoms with E-state index in [2.05, 4.69) is 5.10 Å². The van der Waals surface area contributed by atoms with E-state index in [4.69, 9.17) is 8.92 Å². The van der Waals surface area contributed by atoms with Gasteiger partial charge in [-0.25, -0.2) is 4.39 Å². The lowest BCUT2D eigenvalue weighted by Crippen LogP contribution is -2.12. The molecular weight excluding hydrogens is 351 g/mol. The van der Waals surface area contributed by atoms with Crippen molar-refractivity contribution in [3.8, 4) is 5.75 Å². The molecule has 2 aromatic rings. The number of aromatic amines is 1. The number of nitrogens with zero attached hydrogens (tertiary/aromatic N) is 1. The quantitative estimate of drug-likeness (QED) is 0.751. The molecule has 1 N–H and O–H groups in total. The molecule has 0 saturated heterocycles. The number of nitrogens with one attached hydrogen (secondary N) is 1. The summed E-state index contributed by atoms with van der Waals surface area (Å²) in [5.41, 5.74) is 0.534. The number of rotatable bonds is 7. The van der Waals surface area contributed by atoms with Gasteiger partial charge in [0, 0.05) is 24.1 Å². The molecule has 0 radical (unpaired) electrons. The minimum Gasteiger partial charge on any atom is -0.497 e. The van der Waals surface area contributed by atoms with Gasteiger partial charge in [0.1, 0.15) is 18.2 Å². The third-order valence-electron chi connectivity index (χ3n) is 3.69. The van der Waals surface area contributed by atoms with Crippen LogP contribution in [0, 0.1) is 5.82 Å². The van der Waals surface area contributed by atoms with Gasteiger partial charge >= 0.3 is 0 Å². The van der Waals surface area contributed by atoms with Gasteiger partial charge in [-0.05, 0) is 25.5 Å². The van der Waals surface area contributed by atoms with Gasteiger partial charge in [0.05, 0.1) is 19.1 Å². The van der Waals surface area contributed by atoms with Crippen LogP contribution in [-0.4, -0.2) is 31.6 Å². The van der Waals surface area contributed by atoms with Crippen LogP contribution in [0.1, 0.15) is 36.7 Å². The van der Waals surface area contributed by atoms with Crippen LogP contribution < -0.4 is 10.3 Å². The van der Waals surface area contributed by atoms with Crippen LogP contribution in [0.3, 0.4) is 0 Å². The maximum Gasteiger partial charge on any atom is 0.267 e. The molecular formula is C16H21FN2O5S. The number of hydrogen-bond donors (Lipinski definition) is 1. The lowest BCUT2D eigenvalue weighted by atomic mass is 10.0. The van der Waals surface area contributed by atoms with Gasteiger partial charge < -0.3 is 4.74 Å². The van der Waals surface area contributed by atoms with Crippen LogP contribution in [0.5, 0.6) is 5.75 Å². The second-order valence-corrected chi connectivity index (χ2v) is 7.57. The molecule has 0 aliphatic heterocycles. The number of H-pyrrole nitrogens is 1. The summed E-state index contributed by atoms with van der Waals surface area (Å²) in [6, 6.07) is 4.23. The van der Waals surface area contributed by atoms with Crippen molar-refractivity contribution in [2.24, 2.45) is 0 Å². The van der Waals surface area contributed by atoms with Crippen LogP contribution in [0.25, 0.3) is 0 Å². The fraction of sp³-hybridized carbons (Fsp3) is 0.438. The number of ether oxygens (including phenoxy) is 1. The van der Waals surface area contributed by atoms with E-state index in [-0.39, 0.29) is 24.6 Å². The summed E-state index contributed by atoms with van der Waals surface area (Å²) in [5.74, 6) is -0.137. The Morgan fingerprint density at radius 1 is 1.32 bits per heavy atom. The van der Waals surface area contributed by atoms with E-state index in [1.165, 1.54) is 23.9 Å². The second-order valence-electron chi connectivity index (χ2n) is 5.93. The number of halogens is 1. The average molecular weight is 372 g/mol. The van der Waals surface area contributed by atoms with Crippen LogP contribution in [0.15, 0.2) is 23.0 Å². The minimum atomic E-state index is -3.68. The summed E-state index contributed by atoms with van der Waals surface area (Å²) >= 11 is 0. The van der Waals surface area contributed by atoms with E-state index < -0.39 is 21.5 Å². The van der Waals surface area contributed by atoms with Crippen molar-refractivity contribution in [2.45, 2.75) is 32.9 Å². The largest absolute Gasteiger partial charge is 0.497 e. The zero-order valence-corrected chi connectivity index (χ0v) is 15.3. The van der Waals surface area contributed by atoms with E-state index in [1.54, 1.807) is 6.07 Å². The van der Waals surface area contributed by atoms with Crippen molar-refractivity contribution in [1.82, 2.24) is 9.78 Å². The summed E-state index contributed by atoms with van der Waals surface area (Å²) in [5, 5.41) is 2.65. The first kappa shape index (κ1) is 19.2. The molecule has 138 valence electrons. The lowest BCUT2D eigenvalue weighted by Gasteiger charge is -2.13. The number of aromatic nitrogens is 2.